The highest BCUT2D eigenvalue weighted by atomic mass is 79.9. The lowest BCUT2D eigenvalue weighted by Gasteiger charge is -2.06. The highest BCUT2D eigenvalue weighted by molar-refractivity contribution is 9.10. The summed E-state index contributed by atoms with van der Waals surface area (Å²) in [7, 11) is 0. The Labute approximate surface area is 90.5 Å². The molecule has 0 saturated heterocycles. The first-order valence-electron chi connectivity index (χ1n) is 4.45. The molecule has 0 aromatic heterocycles. The third kappa shape index (κ3) is 1.75. The van der Waals surface area contributed by atoms with E-state index in [2.05, 4.69) is 21.1 Å². The molecule has 2 rings (SSSR count). The van der Waals surface area contributed by atoms with Gasteiger partial charge in [0.2, 0.25) is 0 Å². The van der Waals surface area contributed by atoms with E-state index in [1.165, 1.54) is 0 Å². The Morgan fingerprint density at radius 1 is 1.43 bits per heavy atom. The van der Waals surface area contributed by atoms with E-state index >= 15 is 0 Å². The third-order valence-corrected chi connectivity index (χ3v) is 2.68. The van der Waals surface area contributed by atoms with Crippen LogP contribution in [0.1, 0.15) is 18.4 Å². The molecule has 0 atom stereocenters. The summed E-state index contributed by atoms with van der Waals surface area (Å²) in [4.78, 5) is 0. The summed E-state index contributed by atoms with van der Waals surface area (Å²) in [6.45, 7) is 0.674. The zero-order chi connectivity index (χ0) is 9.97. The molecule has 0 aliphatic carbocycles. The number of rotatable bonds is 0. The summed E-state index contributed by atoms with van der Waals surface area (Å²) in [5, 5.41) is 12.2. The maximum atomic E-state index is 8.87. The van der Waals surface area contributed by atoms with E-state index in [4.69, 9.17) is 9.94 Å². The Hall–Kier alpha value is -1.03. The van der Waals surface area contributed by atoms with Gasteiger partial charge in [0.25, 0.3) is 0 Å². The quantitative estimate of drug-likeness (QED) is 0.572. The Morgan fingerprint density at radius 2 is 2.29 bits per heavy atom. The summed E-state index contributed by atoms with van der Waals surface area (Å²) >= 11 is 3.38. The van der Waals surface area contributed by atoms with Crippen molar-refractivity contribution in [2.45, 2.75) is 12.8 Å². The number of halogens is 1. The van der Waals surface area contributed by atoms with Crippen LogP contribution in [0.4, 0.5) is 0 Å². The Morgan fingerprint density at radius 3 is 3.07 bits per heavy atom. The average Bonchev–Trinajstić information content (AvgIpc) is 2.39. The normalized spacial score (nSPS) is 18.5. The Kier molecular flexibility index (Phi) is 2.72. The summed E-state index contributed by atoms with van der Waals surface area (Å²) < 4.78 is 6.48. The molecular formula is C10H10BrNO2. The molecule has 74 valence electrons. The van der Waals surface area contributed by atoms with Crippen LogP contribution in [0.25, 0.3) is 0 Å². The number of hydrogen-bond donors (Lipinski definition) is 1. The van der Waals surface area contributed by atoms with E-state index in [0.717, 1.165) is 28.6 Å². The molecule has 0 bridgehead atoms. The molecule has 14 heavy (non-hydrogen) atoms. The lowest BCUT2D eigenvalue weighted by molar-refractivity contribution is 0.314. The summed E-state index contributed by atoms with van der Waals surface area (Å²) in [5.41, 5.74) is 1.57. The molecule has 1 N–H and O–H groups in total. The first-order chi connectivity index (χ1) is 6.81. The third-order valence-electron chi connectivity index (χ3n) is 2.19. The van der Waals surface area contributed by atoms with Gasteiger partial charge in [0.1, 0.15) is 5.75 Å². The van der Waals surface area contributed by atoms with E-state index in [0.29, 0.717) is 12.3 Å². The van der Waals surface area contributed by atoms with Gasteiger partial charge in [-0.1, -0.05) is 21.1 Å². The van der Waals surface area contributed by atoms with Crippen molar-refractivity contribution in [2.24, 2.45) is 5.16 Å². The van der Waals surface area contributed by atoms with Crippen molar-refractivity contribution in [3.05, 3.63) is 28.2 Å². The van der Waals surface area contributed by atoms with Crippen LogP contribution < -0.4 is 4.74 Å². The van der Waals surface area contributed by atoms with Crippen molar-refractivity contribution in [1.29, 1.82) is 0 Å². The second-order valence-electron chi connectivity index (χ2n) is 3.14. The van der Waals surface area contributed by atoms with Crippen molar-refractivity contribution < 1.29 is 9.94 Å². The first-order valence-corrected chi connectivity index (χ1v) is 5.24. The number of fused-ring (bicyclic) bond motifs is 1. The molecule has 1 aromatic rings. The van der Waals surface area contributed by atoms with Crippen molar-refractivity contribution in [1.82, 2.24) is 0 Å². The topological polar surface area (TPSA) is 41.8 Å². The fourth-order valence-corrected chi connectivity index (χ4v) is 1.87. The van der Waals surface area contributed by atoms with Crippen LogP contribution in [0.3, 0.4) is 0 Å². The SMILES string of the molecule is ON=C1CCCOc2ccc(Br)cc21. The molecule has 0 unspecified atom stereocenters. The van der Waals surface area contributed by atoms with Gasteiger partial charge in [-0.05, 0) is 31.0 Å². The Balaban J connectivity index is 2.51. The monoisotopic (exact) mass is 255 g/mol. The molecule has 3 nitrogen and oxygen atoms in total. The molecule has 1 aromatic carbocycles. The van der Waals surface area contributed by atoms with Gasteiger partial charge >= 0.3 is 0 Å². The number of hydrogen-bond acceptors (Lipinski definition) is 3. The van der Waals surface area contributed by atoms with E-state index in [1.807, 2.05) is 18.2 Å². The minimum Gasteiger partial charge on any atom is -0.493 e. The summed E-state index contributed by atoms with van der Waals surface area (Å²) in [6.07, 6.45) is 1.63. The fourth-order valence-electron chi connectivity index (χ4n) is 1.51. The van der Waals surface area contributed by atoms with E-state index in [-0.39, 0.29) is 0 Å². The summed E-state index contributed by atoms with van der Waals surface area (Å²) in [6, 6.07) is 5.71. The minimum absolute atomic E-state index is 0.674. The van der Waals surface area contributed by atoms with Crippen LogP contribution in [0.2, 0.25) is 0 Å². The van der Waals surface area contributed by atoms with E-state index < -0.39 is 0 Å². The van der Waals surface area contributed by atoms with Crippen molar-refractivity contribution in [3.63, 3.8) is 0 Å². The van der Waals surface area contributed by atoms with E-state index in [9.17, 15) is 0 Å². The van der Waals surface area contributed by atoms with Crippen LogP contribution in [0.15, 0.2) is 27.8 Å². The zero-order valence-corrected chi connectivity index (χ0v) is 9.12. The van der Waals surface area contributed by atoms with E-state index in [1.54, 1.807) is 0 Å². The number of nitrogens with zero attached hydrogens (tertiary/aromatic N) is 1. The van der Waals surface area contributed by atoms with Gasteiger partial charge in [-0.2, -0.15) is 0 Å². The molecule has 0 saturated carbocycles. The van der Waals surface area contributed by atoms with Crippen molar-refractivity contribution >= 4 is 21.6 Å². The molecule has 0 spiro atoms. The second-order valence-corrected chi connectivity index (χ2v) is 4.05. The standard InChI is InChI=1S/C10H10BrNO2/c11-7-3-4-10-8(6-7)9(12-13)2-1-5-14-10/h3-4,6,13H,1-2,5H2. The van der Waals surface area contributed by atoms with Crippen molar-refractivity contribution in [2.75, 3.05) is 6.61 Å². The largest absolute Gasteiger partial charge is 0.493 e. The molecule has 4 heteroatoms. The van der Waals surface area contributed by atoms with Crippen LogP contribution in [-0.2, 0) is 0 Å². The number of ether oxygens (including phenoxy) is 1. The van der Waals surface area contributed by atoms with Gasteiger partial charge < -0.3 is 9.94 Å². The Bertz CT molecular complexity index is 376. The number of benzene rings is 1. The van der Waals surface area contributed by atoms with Gasteiger partial charge in [-0.3, -0.25) is 0 Å². The highest BCUT2D eigenvalue weighted by Crippen LogP contribution is 2.27. The number of oxime groups is 1. The molecule has 1 heterocycles. The zero-order valence-electron chi connectivity index (χ0n) is 7.53. The van der Waals surface area contributed by atoms with Crippen LogP contribution in [0.5, 0.6) is 5.75 Å². The lowest BCUT2D eigenvalue weighted by Crippen LogP contribution is -1.99. The van der Waals surface area contributed by atoms with Gasteiger partial charge in [0.15, 0.2) is 0 Å². The van der Waals surface area contributed by atoms with Gasteiger partial charge in [0, 0.05) is 10.0 Å². The molecule has 0 radical (unpaired) electrons. The molecular weight excluding hydrogens is 246 g/mol. The maximum absolute atomic E-state index is 8.87. The van der Waals surface area contributed by atoms with Crippen molar-refractivity contribution in [3.8, 4) is 5.75 Å². The molecule has 1 aliphatic heterocycles. The van der Waals surface area contributed by atoms with Crippen LogP contribution in [0, 0.1) is 0 Å². The van der Waals surface area contributed by atoms with Gasteiger partial charge in [0.05, 0.1) is 12.3 Å². The van der Waals surface area contributed by atoms with Crippen LogP contribution >= 0.6 is 15.9 Å². The molecule has 0 fully saturated rings. The first kappa shape index (κ1) is 9.52. The molecule has 1 aliphatic rings. The minimum atomic E-state index is 0.674. The van der Waals surface area contributed by atoms with Gasteiger partial charge in [-0.25, -0.2) is 0 Å². The molecule has 0 amide bonds. The van der Waals surface area contributed by atoms with Gasteiger partial charge in [-0.15, -0.1) is 0 Å². The predicted octanol–water partition coefficient (Wildman–Crippen LogP) is 2.80. The second kappa shape index (κ2) is 4.00. The predicted molar refractivity (Wildman–Crippen MR) is 57.2 cm³/mol. The smallest absolute Gasteiger partial charge is 0.128 e. The van der Waals surface area contributed by atoms with Crippen LogP contribution in [-0.4, -0.2) is 17.5 Å². The fraction of sp³-hybridized carbons (Fsp3) is 0.300. The average molecular weight is 256 g/mol. The maximum Gasteiger partial charge on any atom is 0.128 e. The lowest BCUT2D eigenvalue weighted by atomic mass is 10.1. The highest BCUT2D eigenvalue weighted by Gasteiger charge is 2.15. The summed E-state index contributed by atoms with van der Waals surface area (Å²) in [5.74, 6) is 0.790.